The van der Waals surface area contributed by atoms with Crippen molar-refractivity contribution in [2.45, 2.75) is 12.5 Å². The smallest absolute Gasteiger partial charge is 0.225 e. The molecule has 0 aliphatic carbocycles. The summed E-state index contributed by atoms with van der Waals surface area (Å²) in [5.74, 6) is 0.139. The maximum absolute atomic E-state index is 11.9. The Morgan fingerprint density at radius 3 is 2.59 bits per heavy atom. The first-order valence-electron chi connectivity index (χ1n) is 6.05. The van der Waals surface area contributed by atoms with Gasteiger partial charge >= 0.3 is 0 Å². The second-order valence-corrected chi connectivity index (χ2v) is 4.27. The fraction of sp³-hybridized carbons (Fsp3) is 0.750. The molecule has 0 saturated carbocycles. The van der Waals surface area contributed by atoms with Gasteiger partial charge in [-0.1, -0.05) is 6.08 Å². The minimum absolute atomic E-state index is 0.139. The van der Waals surface area contributed by atoms with Crippen molar-refractivity contribution in [1.29, 1.82) is 0 Å². The van der Waals surface area contributed by atoms with Gasteiger partial charge in [0.2, 0.25) is 5.91 Å². The molecule has 0 spiro atoms. The highest BCUT2D eigenvalue weighted by molar-refractivity contribution is 5.76. The Labute approximate surface area is 103 Å². The number of amides is 1. The maximum Gasteiger partial charge on any atom is 0.225 e. The third kappa shape index (κ3) is 4.46. The van der Waals surface area contributed by atoms with E-state index < -0.39 is 0 Å². The quantitative estimate of drug-likeness (QED) is 0.648. The molecule has 0 aromatic carbocycles. The van der Waals surface area contributed by atoms with E-state index in [-0.39, 0.29) is 12.0 Å². The van der Waals surface area contributed by atoms with Crippen molar-refractivity contribution in [2.75, 3.05) is 46.4 Å². The Bertz CT molecular complexity index is 246. The molecule has 1 saturated heterocycles. The van der Waals surface area contributed by atoms with Gasteiger partial charge in [0.25, 0.3) is 0 Å². The summed E-state index contributed by atoms with van der Waals surface area (Å²) in [7, 11) is 1.59. The third-order valence-electron chi connectivity index (χ3n) is 3.11. The number of hydrogen-bond acceptors (Lipinski definition) is 4. The number of nitrogens with zero attached hydrogens (tertiary/aromatic N) is 2. The molecule has 1 rings (SSSR count). The van der Waals surface area contributed by atoms with Crippen LogP contribution in [0.15, 0.2) is 12.7 Å². The molecule has 1 heterocycles. The first-order valence-corrected chi connectivity index (χ1v) is 6.05. The first-order chi connectivity index (χ1) is 8.21. The number of carbonyl (C=O) groups is 1. The lowest BCUT2D eigenvalue weighted by atomic mass is 10.2. The summed E-state index contributed by atoms with van der Waals surface area (Å²) in [6.45, 7) is 8.40. The van der Waals surface area contributed by atoms with E-state index >= 15 is 0 Å². The molecule has 0 aromatic heterocycles. The summed E-state index contributed by atoms with van der Waals surface area (Å²) in [5.41, 5.74) is 5.51. The molecule has 1 aliphatic heterocycles. The molecule has 2 N–H and O–H groups in total. The predicted octanol–water partition coefficient (Wildman–Crippen LogP) is -0.320. The lowest BCUT2D eigenvalue weighted by Crippen LogP contribution is -2.49. The molecule has 1 unspecified atom stereocenters. The van der Waals surface area contributed by atoms with E-state index in [1.165, 1.54) is 0 Å². The molecule has 0 radical (unpaired) electrons. The molecule has 1 atom stereocenters. The van der Waals surface area contributed by atoms with Gasteiger partial charge in [0.1, 0.15) is 0 Å². The van der Waals surface area contributed by atoms with Gasteiger partial charge in [-0.3, -0.25) is 9.69 Å². The Hall–Kier alpha value is -0.910. The number of piperazine rings is 1. The predicted molar refractivity (Wildman–Crippen MR) is 67.7 cm³/mol. The average Bonchev–Trinajstić information content (AvgIpc) is 2.37. The monoisotopic (exact) mass is 241 g/mol. The van der Waals surface area contributed by atoms with Crippen LogP contribution in [0.25, 0.3) is 0 Å². The lowest BCUT2D eigenvalue weighted by Gasteiger charge is -2.34. The number of rotatable bonds is 6. The van der Waals surface area contributed by atoms with Crippen molar-refractivity contribution >= 4 is 5.91 Å². The van der Waals surface area contributed by atoms with Gasteiger partial charge in [0.05, 0.1) is 12.5 Å². The van der Waals surface area contributed by atoms with E-state index in [4.69, 9.17) is 10.5 Å². The van der Waals surface area contributed by atoms with Crippen molar-refractivity contribution in [3.63, 3.8) is 0 Å². The molecule has 1 fully saturated rings. The first kappa shape index (κ1) is 14.2. The minimum atomic E-state index is -0.159. The van der Waals surface area contributed by atoms with Gasteiger partial charge in [-0.15, -0.1) is 6.58 Å². The van der Waals surface area contributed by atoms with Crippen LogP contribution in [0.3, 0.4) is 0 Å². The van der Waals surface area contributed by atoms with E-state index in [9.17, 15) is 4.79 Å². The van der Waals surface area contributed by atoms with Crippen LogP contribution < -0.4 is 5.73 Å². The van der Waals surface area contributed by atoms with Crippen LogP contribution in [0, 0.1) is 0 Å². The van der Waals surface area contributed by atoms with Crippen molar-refractivity contribution in [1.82, 2.24) is 9.80 Å². The minimum Gasteiger partial charge on any atom is -0.380 e. The van der Waals surface area contributed by atoms with Crippen LogP contribution in [0.5, 0.6) is 0 Å². The Morgan fingerprint density at radius 1 is 1.47 bits per heavy atom. The molecule has 5 nitrogen and oxygen atoms in total. The van der Waals surface area contributed by atoms with Gasteiger partial charge in [0, 0.05) is 46.4 Å². The van der Waals surface area contributed by atoms with Gasteiger partial charge < -0.3 is 15.4 Å². The van der Waals surface area contributed by atoms with Crippen LogP contribution in [0.4, 0.5) is 0 Å². The van der Waals surface area contributed by atoms with E-state index in [1.54, 1.807) is 7.11 Å². The second kappa shape index (κ2) is 7.42. The topological polar surface area (TPSA) is 58.8 Å². The zero-order valence-corrected chi connectivity index (χ0v) is 10.6. The zero-order chi connectivity index (χ0) is 12.7. The van der Waals surface area contributed by atoms with Crippen LogP contribution >= 0.6 is 0 Å². The molecule has 0 aromatic rings. The highest BCUT2D eigenvalue weighted by Crippen LogP contribution is 2.06. The largest absolute Gasteiger partial charge is 0.380 e. The third-order valence-corrected chi connectivity index (χ3v) is 3.11. The summed E-state index contributed by atoms with van der Waals surface area (Å²) < 4.78 is 5.12. The van der Waals surface area contributed by atoms with E-state index in [1.807, 2.05) is 11.0 Å². The summed E-state index contributed by atoms with van der Waals surface area (Å²) in [5, 5.41) is 0. The molecule has 5 heteroatoms. The van der Waals surface area contributed by atoms with Crippen molar-refractivity contribution in [3.05, 3.63) is 12.7 Å². The molecule has 98 valence electrons. The normalized spacial score (nSPS) is 19.1. The fourth-order valence-electron chi connectivity index (χ4n) is 1.95. The summed E-state index contributed by atoms with van der Waals surface area (Å²) in [6.07, 6.45) is 2.12. The zero-order valence-electron chi connectivity index (χ0n) is 10.6. The second-order valence-electron chi connectivity index (χ2n) is 4.27. The average molecular weight is 241 g/mol. The standard InChI is InChI=1S/C12H23N3O2/c1-3-4-14-5-7-15(8-6-14)12(16)9-11(10-13)17-2/h3,11H,1,4-10,13H2,2H3. The maximum atomic E-state index is 11.9. The van der Waals surface area contributed by atoms with Crippen LogP contribution in [-0.4, -0.2) is 68.2 Å². The lowest BCUT2D eigenvalue weighted by molar-refractivity contribution is -0.135. The van der Waals surface area contributed by atoms with Crippen molar-refractivity contribution in [2.24, 2.45) is 5.73 Å². The van der Waals surface area contributed by atoms with Gasteiger partial charge in [-0.25, -0.2) is 0 Å². The molecular weight excluding hydrogens is 218 g/mol. The summed E-state index contributed by atoms with van der Waals surface area (Å²) in [4.78, 5) is 16.1. The number of methoxy groups -OCH3 is 1. The summed E-state index contributed by atoms with van der Waals surface area (Å²) in [6, 6.07) is 0. The molecular formula is C12H23N3O2. The van der Waals surface area contributed by atoms with Crippen LogP contribution in [-0.2, 0) is 9.53 Å². The van der Waals surface area contributed by atoms with E-state index in [2.05, 4.69) is 11.5 Å². The van der Waals surface area contributed by atoms with Crippen LogP contribution in [0.1, 0.15) is 6.42 Å². The Morgan fingerprint density at radius 2 is 2.12 bits per heavy atom. The highest BCUT2D eigenvalue weighted by atomic mass is 16.5. The van der Waals surface area contributed by atoms with Crippen molar-refractivity contribution in [3.8, 4) is 0 Å². The summed E-state index contributed by atoms with van der Waals surface area (Å²) >= 11 is 0. The number of carbonyl (C=O) groups excluding carboxylic acids is 1. The van der Waals surface area contributed by atoms with E-state index in [0.717, 1.165) is 32.7 Å². The van der Waals surface area contributed by atoms with E-state index in [0.29, 0.717) is 13.0 Å². The Kier molecular flexibility index (Phi) is 6.18. The highest BCUT2D eigenvalue weighted by Gasteiger charge is 2.22. The van der Waals surface area contributed by atoms with Crippen molar-refractivity contribution < 1.29 is 9.53 Å². The number of ether oxygens (including phenoxy) is 1. The molecule has 0 bridgehead atoms. The van der Waals surface area contributed by atoms with Gasteiger partial charge in [-0.05, 0) is 0 Å². The molecule has 1 aliphatic rings. The van der Waals surface area contributed by atoms with Gasteiger partial charge in [0.15, 0.2) is 0 Å². The number of nitrogens with two attached hydrogens (primary N) is 1. The number of hydrogen-bond donors (Lipinski definition) is 1. The Balaban J connectivity index is 2.32. The van der Waals surface area contributed by atoms with Gasteiger partial charge in [-0.2, -0.15) is 0 Å². The van der Waals surface area contributed by atoms with Crippen LogP contribution in [0.2, 0.25) is 0 Å². The molecule has 17 heavy (non-hydrogen) atoms. The molecule has 1 amide bonds. The fourth-order valence-corrected chi connectivity index (χ4v) is 1.95. The SMILES string of the molecule is C=CCN1CCN(C(=O)CC(CN)OC)CC1.